The van der Waals surface area contributed by atoms with Gasteiger partial charge in [-0.1, -0.05) is 37.3 Å². The van der Waals surface area contributed by atoms with Crippen molar-refractivity contribution >= 4 is 22.5 Å². The number of hydrogen-bond acceptors (Lipinski definition) is 3. The molecule has 4 rings (SSSR count). The fourth-order valence-electron chi connectivity index (χ4n) is 4.42. The molecule has 0 N–H and O–H groups in total. The van der Waals surface area contributed by atoms with Crippen molar-refractivity contribution < 1.29 is 9.47 Å². The van der Waals surface area contributed by atoms with Crippen LogP contribution in [0.15, 0.2) is 42.5 Å². The summed E-state index contributed by atoms with van der Waals surface area (Å²) in [6.45, 7) is 11.2. The van der Waals surface area contributed by atoms with Crippen LogP contribution in [-0.2, 0) is 6.42 Å². The van der Waals surface area contributed by atoms with Crippen molar-refractivity contribution in [2.45, 2.75) is 52.6 Å². The van der Waals surface area contributed by atoms with Crippen molar-refractivity contribution in [1.29, 1.82) is 0 Å². The molecule has 0 aromatic heterocycles. The standard InChI is InChI=1S/C27H32O2S/c1-17-11-18(2)25-14-27(5,29-26(25)20(17)4)16-30-15-19(3)21-7-8-23-13-24(28-6)10-9-22(23)12-21/h7-13,19H,14-16H2,1-6H3. The molecule has 1 aliphatic heterocycles. The average molecular weight is 421 g/mol. The third-order valence-electron chi connectivity index (χ3n) is 6.43. The third kappa shape index (κ3) is 4.05. The molecule has 3 aromatic carbocycles. The maximum Gasteiger partial charge on any atom is 0.126 e. The highest BCUT2D eigenvalue weighted by Gasteiger charge is 2.37. The van der Waals surface area contributed by atoms with Crippen molar-refractivity contribution in [3.8, 4) is 11.5 Å². The molecule has 1 heterocycles. The van der Waals surface area contributed by atoms with E-state index in [1.807, 2.05) is 17.8 Å². The predicted molar refractivity (Wildman–Crippen MR) is 130 cm³/mol. The van der Waals surface area contributed by atoms with Gasteiger partial charge < -0.3 is 9.47 Å². The van der Waals surface area contributed by atoms with Gasteiger partial charge in [-0.2, -0.15) is 11.8 Å². The first-order valence-corrected chi connectivity index (χ1v) is 11.9. The lowest BCUT2D eigenvalue weighted by Gasteiger charge is -2.25. The predicted octanol–water partition coefficient (Wildman–Crippen LogP) is 7.00. The van der Waals surface area contributed by atoms with Crippen LogP contribution in [0.4, 0.5) is 0 Å². The second kappa shape index (κ2) is 8.19. The van der Waals surface area contributed by atoms with E-state index in [0.29, 0.717) is 5.92 Å². The molecule has 0 aliphatic carbocycles. The fourth-order valence-corrected chi connectivity index (χ4v) is 5.68. The Bertz CT molecular complexity index is 1090. The number of aryl methyl sites for hydroxylation is 2. The van der Waals surface area contributed by atoms with Gasteiger partial charge in [-0.15, -0.1) is 0 Å². The molecule has 30 heavy (non-hydrogen) atoms. The molecular formula is C27H32O2S. The van der Waals surface area contributed by atoms with Crippen molar-refractivity contribution in [2.75, 3.05) is 18.6 Å². The van der Waals surface area contributed by atoms with Gasteiger partial charge in [0.1, 0.15) is 17.1 Å². The zero-order valence-electron chi connectivity index (χ0n) is 19.0. The second-order valence-corrected chi connectivity index (χ2v) is 10.1. The number of methoxy groups -OCH3 is 1. The SMILES string of the molecule is COc1ccc2cc(C(C)CSCC3(C)Cc4c(C)cc(C)c(C)c4O3)ccc2c1. The largest absolute Gasteiger partial charge is 0.497 e. The van der Waals surface area contributed by atoms with E-state index in [4.69, 9.17) is 9.47 Å². The van der Waals surface area contributed by atoms with E-state index < -0.39 is 0 Å². The summed E-state index contributed by atoms with van der Waals surface area (Å²) < 4.78 is 11.9. The lowest BCUT2D eigenvalue weighted by atomic mass is 9.94. The summed E-state index contributed by atoms with van der Waals surface area (Å²) in [5.74, 6) is 4.64. The van der Waals surface area contributed by atoms with E-state index in [1.54, 1.807) is 7.11 Å². The van der Waals surface area contributed by atoms with Crippen LogP contribution in [0.2, 0.25) is 0 Å². The molecule has 2 nitrogen and oxygen atoms in total. The molecule has 0 fully saturated rings. The van der Waals surface area contributed by atoms with Crippen LogP contribution in [0.25, 0.3) is 10.8 Å². The van der Waals surface area contributed by atoms with Gasteiger partial charge in [0.05, 0.1) is 7.11 Å². The van der Waals surface area contributed by atoms with E-state index >= 15 is 0 Å². The van der Waals surface area contributed by atoms with E-state index in [0.717, 1.165) is 29.4 Å². The minimum absolute atomic E-state index is 0.115. The van der Waals surface area contributed by atoms with Crippen molar-refractivity contribution in [1.82, 2.24) is 0 Å². The van der Waals surface area contributed by atoms with Crippen molar-refractivity contribution in [2.24, 2.45) is 0 Å². The Morgan fingerprint density at radius 2 is 1.77 bits per heavy atom. The Labute approximate surface area is 185 Å². The molecule has 3 heteroatoms. The van der Waals surface area contributed by atoms with Crippen molar-refractivity contribution in [3.05, 3.63) is 70.3 Å². The van der Waals surface area contributed by atoms with Gasteiger partial charge in [0.15, 0.2) is 0 Å². The zero-order valence-corrected chi connectivity index (χ0v) is 19.8. The molecule has 0 saturated heterocycles. The molecule has 0 radical (unpaired) electrons. The molecule has 1 aliphatic rings. The summed E-state index contributed by atoms with van der Waals surface area (Å²) in [6, 6.07) is 15.4. The lowest BCUT2D eigenvalue weighted by Crippen LogP contribution is -2.33. The highest BCUT2D eigenvalue weighted by Crippen LogP contribution is 2.42. The van der Waals surface area contributed by atoms with Crippen LogP contribution in [0.5, 0.6) is 11.5 Å². The Kier molecular flexibility index (Phi) is 5.76. The number of rotatable bonds is 6. The molecule has 158 valence electrons. The first-order chi connectivity index (χ1) is 14.3. The normalized spacial score (nSPS) is 18.9. The van der Waals surface area contributed by atoms with E-state index in [-0.39, 0.29) is 5.60 Å². The number of hydrogen-bond donors (Lipinski definition) is 0. The van der Waals surface area contributed by atoms with Gasteiger partial charge in [-0.25, -0.2) is 0 Å². The Hall–Kier alpha value is -2.13. The Morgan fingerprint density at radius 1 is 1.03 bits per heavy atom. The Balaban J connectivity index is 1.40. The summed E-state index contributed by atoms with van der Waals surface area (Å²) in [5.41, 5.74) is 6.66. The molecule has 0 saturated carbocycles. The van der Waals surface area contributed by atoms with Crippen LogP contribution in [0, 0.1) is 20.8 Å². The van der Waals surface area contributed by atoms with Crippen LogP contribution in [0.1, 0.15) is 47.6 Å². The molecule has 3 aromatic rings. The molecule has 2 unspecified atom stereocenters. The van der Waals surface area contributed by atoms with Gasteiger partial charge in [0.2, 0.25) is 0 Å². The first kappa shape index (κ1) is 21.1. The minimum atomic E-state index is -0.115. The van der Waals surface area contributed by atoms with Gasteiger partial charge in [0, 0.05) is 23.5 Å². The molecular weight excluding hydrogens is 388 g/mol. The molecule has 0 spiro atoms. The average Bonchev–Trinajstić information content (AvgIpc) is 3.09. The highest BCUT2D eigenvalue weighted by atomic mass is 32.2. The molecule has 2 atom stereocenters. The summed E-state index contributed by atoms with van der Waals surface area (Å²) in [6.07, 6.45) is 1.01. The van der Waals surface area contributed by atoms with Gasteiger partial charge >= 0.3 is 0 Å². The maximum atomic E-state index is 6.52. The lowest BCUT2D eigenvalue weighted by molar-refractivity contribution is 0.143. The summed E-state index contributed by atoms with van der Waals surface area (Å²) in [7, 11) is 1.71. The smallest absolute Gasteiger partial charge is 0.126 e. The second-order valence-electron chi connectivity index (χ2n) is 9.06. The van der Waals surface area contributed by atoms with Crippen LogP contribution in [0.3, 0.4) is 0 Å². The third-order valence-corrected chi connectivity index (χ3v) is 7.98. The number of fused-ring (bicyclic) bond motifs is 2. The van der Waals surface area contributed by atoms with Crippen molar-refractivity contribution in [3.63, 3.8) is 0 Å². The van der Waals surface area contributed by atoms with E-state index in [1.165, 1.54) is 38.6 Å². The van der Waals surface area contributed by atoms with E-state index in [9.17, 15) is 0 Å². The van der Waals surface area contributed by atoms with Gasteiger partial charge in [-0.3, -0.25) is 0 Å². The molecule has 0 bridgehead atoms. The number of ether oxygens (including phenoxy) is 2. The van der Waals surface area contributed by atoms with Crippen LogP contribution in [-0.4, -0.2) is 24.2 Å². The van der Waals surface area contributed by atoms with Crippen LogP contribution < -0.4 is 9.47 Å². The highest BCUT2D eigenvalue weighted by molar-refractivity contribution is 7.99. The zero-order chi connectivity index (χ0) is 21.5. The summed E-state index contributed by atoms with van der Waals surface area (Å²) in [4.78, 5) is 0. The topological polar surface area (TPSA) is 18.5 Å². The number of benzene rings is 3. The quantitative estimate of drug-likeness (QED) is 0.427. The monoisotopic (exact) mass is 420 g/mol. The fraction of sp³-hybridized carbons (Fsp3) is 0.407. The summed E-state index contributed by atoms with van der Waals surface area (Å²) >= 11 is 2.01. The molecule has 0 amide bonds. The van der Waals surface area contributed by atoms with Gasteiger partial charge in [-0.05, 0) is 78.8 Å². The maximum absolute atomic E-state index is 6.52. The first-order valence-electron chi connectivity index (χ1n) is 10.7. The van der Waals surface area contributed by atoms with Crippen LogP contribution >= 0.6 is 11.8 Å². The number of thioether (sulfide) groups is 1. The van der Waals surface area contributed by atoms with Gasteiger partial charge in [0.25, 0.3) is 0 Å². The summed E-state index contributed by atoms with van der Waals surface area (Å²) in [5, 5.41) is 2.50. The minimum Gasteiger partial charge on any atom is -0.497 e. The van der Waals surface area contributed by atoms with E-state index in [2.05, 4.69) is 71.0 Å². The Morgan fingerprint density at radius 3 is 2.53 bits per heavy atom.